The van der Waals surface area contributed by atoms with Crippen LogP contribution in [-0.4, -0.2) is 50.1 Å². The first kappa shape index (κ1) is 21.5. The maximum Gasteiger partial charge on any atom is 0.407 e. The van der Waals surface area contributed by atoms with Gasteiger partial charge in [0.2, 0.25) is 0 Å². The number of fused-ring (bicyclic) bond motifs is 2. The van der Waals surface area contributed by atoms with Gasteiger partial charge in [-0.25, -0.2) is 9.59 Å². The van der Waals surface area contributed by atoms with Gasteiger partial charge < -0.3 is 24.6 Å². The van der Waals surface area contributed by atoms with E-state index in [1.54, 1.807) is 0 Å². The lowest BCUT2D eigenvalue weighted by Crippen LogP contribution is -2.32. The highest BCUT2D eigenvalue weighted by molar-refractivity contribution is 5.86. The van der Waals surface area contributed by atoms with Gasteiger partial charge in [0.05, 0.1) is 19.8 Å². The molecule has 1 aliphatic carbocycles. The molecule has 0 saturated heterocycles. The Labute approximate surface area is 174 Å². The van der Waals surface area contributed by atoms with E-state index in [2.05, 4.69) is 35.7 Å². The molecule has 1 aliphatic rings. The summed E-state index contributed by atoms with van der Waals surface area (Å²) >= 11 is 0. The van der Waals surface area contributed by atoms with Crippen LogP contribution in [0, 0.1) is 0 Å². The molecule has 0 unspecified atom stereocenters. The first-order valence-electron chi connectivity index (χ1n) is 9.81. The van der Waals surface area contributed by atoms with Gasteiger partial charge in [0.25, 0.3) is 0 Å². The Balaban J connectivity index is 1.53. The van der Waals surface area contributed by atoms with Crippen LogP contribution >= 0.6 is 0 Å². The number of allylic oxidation sites excluding steroid dienone is 2. The van der Waals surface area contributed by atoms with Crippen molar-refractivity contribution in [1.29, 1.82) is 0 Å². The summed E-state index contributed by atoms with van der Waals surface area (Å²) in [6.45, 7) is 0.821. The van der Waals surface area contributed by atoms with Gasteiger partial charge in [0, 0.05) is 12.1 Å². The Hall–Kier alpha value is -3.16. The number of alkyl carbamates (subject to hydrolysis) is 1. The third kappa shape index (κ3) is 6.17. The van der Waals surface area contributed by atoms with E-state index in [1.807, 2.05) is 24.3 Å². The summed E-state index contributed by atoms with van der Waals surface area (Å²) < 4.78 is 15.6. The molecule has 0 fully saturated rings. The molecule has 7 heteroatoms. The molecule has 3 rings (SSSR count). The molecule has 158 valence electrons. The second-order valence-electron chi connectivity index (χ2n) is 6.68. The normalized spacial score (nSPS) is 12.4. The van der Waals surface area contributed by atoms with Gasteiger partial charge in [0.15, 0.2) is 0 Å². The molecule has 7 nitrogen and oxygen atoms in total. The van der Waals surface area contributed by atoms with Gasteiger partial charge >= 0.3 is 12.1 Å². The predicted molar refractivity (Wildman–Crippen MR) is 113 cm³/mol. The molecule has 0 saturated carbocycles. The summed E-state index contributed by atoms with van der Waals surface area (Å²) in [5, 5.41) is 15.5. The molecule has 30 heavy (non-hydrogen) atoms. The number of rotatable bonds is 10. The minimum absolute atomic E-state index is 0.164. The number of benzene rings is 2. The zero-order chi connectivity index (χ0) is 21.2. The molecular weight excluding hydrogens is 386 g/mol. The fraction of sp³-hybridized carbons (Fsp3) is 0.304. The molecule has 0 radical (unpaired) electrons. The van der Waals surface area contributed by atoms with Gasteiger partial charge in [0.1, 0.15) is 13.2 Å². The Morgan fingerprint density at radius 1 is 1.10 bits per heavy atom. The maximum absolute atomic E-state index is 12.1. The van der Waals surface area contributed by atoms with E-state index in [-0.39, 0.29) is 39.6 Å². The van der Waals surface area contributed by atoms with Crippen LogP contribution in [0.25, 0.3) is 22.9 Å². The molecule has 0 spiro atoms. The number of hydrogen-bond donors (Lipinski definition) is 2. The van der Waals surface area contributed by atoms with Crippen LogP contribution in [0.4, 0.5) is 4.79 Å². The monoisotopic (exact) mass is 411 g/mol. The summed E-state index contributed by atoms with van der Waals surface area (Å²) in [6, 6.07) is 10.2. The molecule has 1 amide bonds. The number of carboxylic acid groups (broad SMARTS) is 1. The smallest absolute Gasteiger partial charge is 0.407 e. The number of amides is 1. The first-order chi connectivity index (χ1) is 14.6. The van der Waals surface area contributed by atoms with Crippen molar-refractivity contribution < 1.29 is 28.9 Å². The van der Waals surface area contributed by atoms with Crippen LogP contribution in [0.5, 0.6) is 0 Å². The highest BCUT2D eigenvalue weighted by Crippen LogP contribution is 2.15. The third-order valence-corrected chi connectivity index (χ3v) is 4.57. The summed E-state index contributed by atoms with van der Waals surface area (Å²) in [5.74, 6) is -1.02. The molecule has 2 aromatic carbocycles. The Bertz CT molecular complexity index is 1040. The number of carbonyl (C=O) groups is 2. The summed E-state index contributed by atoms with van der Waals surface area (Å²) in [5.41, 5.74) is 0.980. The molecule has 2 aromatic rings. The predicted octanol–water partition coefficient (Wildman–Crippen LogP) is 1.70. The number of carbonyl (C=O) groups excluding carboxylic acids is 1. The van der Waals surface area contributed by atoms with Crippen molar-refractivity contribution in [3.05, 3.63) is 58.5 Å². The molecule has 0 aliphatic heterocycles. The number of hydrogen-bond acceptors (Lipinski definition) is 5. The van der Waals surface area contributed by atoms with Crippen molar-refractivity contribution in [2.75, 3.05) is 33.0 Å². The van der Waals surface area contributed by atoms with Crippen molar-refractivity contribution in [2.45, 2.75) is 13.0 Å². The number of ether oxygens (including phenoxy) is 3. The fourth-order valence-electron chi connectivity index (χ4n) is 3.21. The minimum Gasteiger partial charge on any atom is -0.480 e. The van der Waals surface area contributed by atoms with E-state index in [1.165, 1.54) is 0 Å². The van der Waals surface area contributed by atoms with E-state index >= 15 is 0 Å². The van der Waals surface area contributed by atoms with Gasteiger partial charge in [-0.15, -0.1) is 0 Å². The molecule has 0 bridgehead atoms. The minimum atomic E-state index is -1.02. The molecule has 0 heterocycles. The lowest BCUT2D eigenvalue weighted by molar-refractivity contribution is -0.142. The van der Waals surface area contributed by atoms with Crippen molar-refractivity contribution >= 4 is 35.0 Å². The van der Waals surface area contributed by atoms with E-state index < -0.39 is 12.1 Å². The summed E-state index contributed by atoms with van der Waals surface area (Å²) in [6.07, 6.45) is 8.69. The van der Waals surface area contributed by atoms with Crippen molar-refractivity contribution in [3.8, 4) is 0 Å². The number of aliphatic carboxylic acids is 1. The van der Waals surface area contributed by atoms with Gasteiger partial charge in [-0.2, -0.15) is 0 Å². The Kier molecular flexibility index (Phi) is 8.00. The SMILES string of the molecule is O=C(O)COCCOCCNC(=O)OCc1c2c(cc3ccccc13)=CCC=CC=2. The van der Waals surface area contributed by atoms with Gasteiger partial charge in [-0.1, -0.05) is 48.6 Å². The zero-order valence-corrected chi connectivity index (χ0v) is 16.6. The van der Waals surface area contributed by atoms with E-state index in [9.17, 15) is 9.59 Å². The Morgan fingerprint density at radius 3 is 2.80 bits per heavy atom. The third-order valence-electron chi connectivity index (χ3n) is 4.57. The first-order valence-corrected chi connectivity index (χ1v) is 9.81. The summed E-state index contributed by atoms with van der Waals surface area (Å²) in [7, 11) is 0. The van der Waals surface area contributed by atoms with Crippen molar-refractivity contribution in [3.63, 3.8) is 0 Å². The van der Waals surface area contributed by atoms with Gasteiger partial charge in [-0.3, -0.25) is 0 Å². The van der Waals surface area contributed by atoms with Gasteiger partial charge in [-0.05, 0) is 33.7 Å². The summed E-state index contributed by atoms with van der Waals surface area (Å²) in [4.78, 5) is 22.4. The zero-order valence-electron chi connectivity index (χ0n) is 16.6. The van der Waals surface area contributed by atoms with Crippen LogP contribution < -0.4 is 15.8 Å². The lowest BCUT2D eigenvalue weighted by atomic mass is 10.0. The van der Waals surface area contributed by atoms with Crippen LogP contribution in [0.2, 0.25) is 0 Å². The van der Waals surface area contributed by atoms with Crippen LogP contribution in [-0.2, 0) is 25.6 Å². The number of carboxylic acids is 1. The average Bonchev–Trinajstić information content (AvgIpc) is 2.98. The number of nitrogens with one attached hydrogen (secondary N) is 1. The maximum atomic E-state index is 12.1. The van der Waals surface area contributed by atoms with E-state index in [0.717, 1.165) is 33.2 Å². The average molecular weight is 411 g/mol. The van der Waals surface area contributed by atoms with Crippen LogP contribution in [0.1, 0.15) is 12.0 Å². The molecule has 0 atom stereocenters. The second-order valence-corrected chi connectivity index (χ2v) is 6.68. The quantitative estimate of drug-likeness (QED) is 0.578. The molecular formula is C23H25NO6. The topological polar surface area (TPSA) is 94.1 Å². The van der Waals surface area contributed by atoms with Crippen molar-refractivity contribution in [2.24, 2.45) is 0 Å². The fourth-order valence-corrected chi connectivity index (χ4v) is 3.21. The Morgan fingerprint density at radius 2 is 1.93 bits per heavy atom. The largest absolute Gasteiger partial charge is 0.480 e. The highest BCUT2D eigenvalue weighted by Gasteiger charge is 2.09. The van der Waals surface area contributed by atoms with Crippen LogP contribution in [0.3, 0.4) is 0 Å². The highest BCUT2D eigenvalue weighted by atomic mass is 16.6. The second kappa shape index (κ2) is 11.1. The van der Waals surface area contributed by atoms with E-state index in [0.29, 0.717) is 0 Å². The lowest BCUT2D eigenvalue weighted by Gasteiger charge is -2.11. The molecule has 2 N–H and O–H groups in total. The van der Waals surface area contributed by atoms with E-state index in [4.69, 9.17) is 19.3 Å². The van der Waals surface area contributed by atoms with Crippen LogP contribution in [0.15, 0.2) is 42.5 Å². The van der Waals surface area contributed by atoms with Crippen molar-refractivity contribution in [1.82, 2.24) is 5.32 Å². The molecule has 0 aromatic heterocycles. The standard InChI is InChI=1S/C23H25NO6/c25-22(26)16-29-13-12-28-11-10-24-23(27)30-15-21-19-8-3-1-2-6-17(19)14-18-7-4-5-9-20(18)21/h1,3-9,14H,2,10-13,15-16H2,(H,24,27)(H,25,26).